The Kier molecular flexibility index (Phi) is 12.5. The lowest BCUT2D eigenvalue weighted by molar-refractivity contribution is -0.106. The van der Waals surface area contributed by atoms with Gasteiger partial charge in [-0.15, -0.1) is 0 Å². The molecule has 14 heavy (non-hydrogen) atoms. The van der Waals surface area contributed by atoms with E-state index in [1.54, 1.807) is 6.20 Å². The van der Waals surface area contributed by atoms with Crippen LogP contribution in [0.15, 0.2) is 18.5 Å². The SMILES string of the molecule is CC.CC=O.CNc1cnccc1C. The summed E-state index contributed by atoms with van der Waals surface area (Å²) in [5.74, 6) is 0. The predicted molar refractivity (Wildman–Crippen MR) is 61.6 cm³/mol. The smallest absolute Gasteiger partial charge is 0.116 e. The third-order valence-corrected chi connectivity index (χ3v) is 1.31. The van der Waals surface area contributed by atoms with Crippen molar-refractivity contribution in [3.05, 3.63) is 24.0 Å². The highest BCUT2D eigenvalue weighted by molar-refractivity contribution is 5.46. The molecule has 0 radical (unpaired) electrons. The fourth-order valence-corrected chi connectivity index (χ4v) is 0.726. The lowest BCUT2D eigenvalue weighted by atomic mass is 10.2. The van der Waals surface area contributed by atoms with Crippen LogP contribution < -0.4 is 5.32 Å². The Balaban J connectivity index is 0. The topological polar surface area (TPSA) is 42.0 Å². The van der Waals surface area contributed by atoms with Gasteiger partial charge in [0, 0.05) is 13.2 Å². The monoisotopic (exact) mass is 196 g/mol. The molecule has 1 rings (SSSR count). The first-order valence-electron chi connectivity index (χ1n) is 4.74. The molecule has 0 bridgehead atoms. The van der Waals surface area contributed by atoms with E-state index in [1.165, 1.54) is 12.5 Å². The first-order valence-corrected chi connectivity index (χ1v) is 4.74. The van der Waals surface area contributed by atoms with Crippen LogP contribution in [0.2, 0.25) is 0 Å². The number of carbonyl (C=O) groups is 1. The van der Waals surface area contributed by atoms with E-state index in [0.29, 0.717) is 0 Å². The van der Waals surface area contributed by atoms with E-state index in [-0.39, 0.29) is 0 Å². The van der Waals surface area contributed by atoms with E-state index in [9.17, 15) is 0 Å². The van der Waals surface area contributed by atoms with E-state index in [0.717, 1.165) is 12.0 Å². The number of aromatic nitrogens is 1. The number of carbonyl (C=O) groups excluding carboxylic acids is 1. The molecule has 1 aromatic heterocycles. The number of hydrogen-bond donors (Lipinski definition) is 1. The van der Waals surface area contributed by atoms with Crippen LogP contribution in [0.4, 0.5) is 5.69 Å². The number of nitrogens with one attached hydrogen (secondary N) is 1. The quantitative estimate of drug-likeness (QED) is 0.702. The lowest BCUT2D eigenvalue weighted by Gasteiger charge is -2.00. The van der Waals surface area contributed by atoms with Gasteiger partial charge in [-0.3, -0.25) is 4.98 Å². The Morgan fingerprint density at radius 3 is 2.21 bits per heavy atom. The minimum Gasteiger partial charge on any atom is -0.387 e. The summed E-state index contributed by atoms with van der Waals surface area (Å²) < 4.78 is 0. The number of nitrogens with zero attached hydrogens (tertiary/aromatic N) is 1. The molecule has 0 unspecified atom stereocenters. The molecule has 0 atom stereocenters. The van der Waals surface area contributed by atoms with Crippen molar-refractivity contribution in [2.75, 3.05) is 12.4 Å². The molecule has 1 N–H and O–H groups in total. The van der Waals surface area contributed by atoms with Crippen LogP contribution in [0, 0.1) is 6.92 Å². The molecule has 1 aromatic rings. The van der Waals surface area contributed by atoms with Gasteiger partial charge in [-0.25, -0.2) is 0 Å². The molecule has 0 saturated heterocycles. The maximum Gasteiger partial charge on any atom is 0.116 e. The zero-order chi connectivity index (χ0) is 11.4. The van der Waals surface area contributed by atoms with Crippen LogP contribution in [0.1, 0.15) is 26.3 Å². The van der Waals surface area contributed by atoms with E-state index < -0.39 is 0 Å². The van der Waals surface area contributed by atoms with Crippen LogP contribution in [-0.2, 0) is 4.79 Å². The van der Waals surface area contributed by atoms with E-state index in [2.05, 4.69) is 10.3 Å². The summed E-state index contributed by atoms with van der Waals surface area (Å²) in [6.07, 6.45) is 4.35. The van der Waals surface area contributed by atoms with Crippen LogP contribution in [0.3, 0.4) is 0 Å². The van der Waals surface area contributed by atoms with Crippen molar-refractivity contribution < 1.29 is 4.79 Å². The Morgan fingerprint density at radius 2 is 1.93 bits per heavy atom. The zero-order valence-corrected chi connectivity index (χ0v) is 9.66. The number of rotatable bonds is 1. The zero-order valence-electron chi connectivity index (χ0n) is 9.66. The predicted octanol–water partition coefficient (Wildman–Crippen LogP) is 2.66. The maximum atomic E-state index is 8.81. The summed E-state index contributed by atoms with van der Waals surface area (Å²) >= 11 is 0. The third-order valence-electron chi connectivity index (χ3n) is 1.31. The van der Waals surface area contributed by atoms with Crippen LogP contribution in [0.25, 0.3) is 0 Å². The fourth-order valence-electron chi connectivity index (χ4n) is 0.726. The molecule has 0 fully saturated rings. The number of hydrogen-bond acceptors (Lipinski definition) is 3. The molecule has 0 aliphatic carbocycles. The molecule has 3 nitrogen and oxygen atoms in total. The summed E-state index contributed by atoms with van der Waals surface area (Å²) in [4.78, 5) is 12.8. The van der Waals surface area contributed by atoms with Crippen molar-refractivity contribution in [3.63, 3.8) is 0 Å². The number of aryl methyl sites for hydroxylation is 1. The van der Waals surface area contributed by atoms with Crippen molar-refractivity contribution in [2.45, 2.75) is 27.7 Å². The van der Waals surface area contributed by atoms with Gasteiger partial charge in [-0.2, -0.15) is 0 Å². The van der Waals surface area contributed by atoms with Crippen LogP contribution in [-0.4, -0.2) is 18.3 Å². The summed E-state index contributed by atoms with van der Waals surface area (Å²) in [5.41, 5.74) is 2.32. The average molecular weight is 196 g/mol. The largest absolute Gasteiger partial charge is 0.387 e. The minimum atomic E-state index is 0.750. The molecule has 0 aliphatic rings. The molecular formula is C11H20N2O. The third kappa shape index (κ3) is 7.28. The molecule has 1 heterocycles. The second kappa shape index (κ2) is 11.6. The van der Waals surface area contributed by atoms with Gasteiger partial charge in [0.1, 0.15) is 6.29 Å². The molecule has 0 aliphatic heterocycles. The van der Waals surface area contributed by atoms with Gasteiger partial charge in [0.15, 0.2) is 0 Å². The maximum absolute atomic E-state index is 8.81. The van der Waals surface area contributed by atoms with Gasteiger partial charge < -0.3 is 10.1 Å². The Labute approximate surface area is 86.6 Å². The highest BCUT2D eigenvalue weighted by Crippen LogP contribution is 2.08. The molecular weight excluding hydrogens is 176 g/mol. The first-order chi connectivity index (χ1) is 6.76. The van der Waals surface area contributed by atoms with E-state index >= 15 is 0 Å². The normalized spacial score (nSPS) is 7.21. The highest BCUT2D eigenvalue weighted by Gasteiger charge is 1.89. The second-order valence-corrected chi connectivity index (χ2v) is 2.18. The first kappa shape index (κ1) is 15.1. The van der Waals surface area contributed by atoms with Gasteiger partial charge in [0.2, 0.25) is 0 Å². The number of pyridine rings is 1. The Hall–Kier alpha value is -1.38. The lowest BCUT2D eigenvalue weighted by Crippen LogP contribution is -1.90. The van der Waals surface area contributed by atoms with Crippen LogP contribution in [0.5, 0.6) is 0 Å². The van der Waals surface area contributed by atoms with E-state index in [1.807, 2.05) is 40.1 Å². The van der Waals surface area contributed by atoms with E-state index in [4.69, 9.17) is 4.79 Å². The van der Waals surface area contributed by atoms with Crippen molar-refractivity contribution >= 4 is 12.0 Å². The Morgan fingerprint density at radius 1 is 1.43 bits per heavy atom. The summed E-state index contributed by atoms with van der Waals surface area (Å²) in [6, 6.07) is 1.98. The van der Waals surface area contributed by atoms with Crippen molar-refractivity contribution in [1.29, 1.82) is 0 Å². The van der Waals surface area contributed by atoms with Crippen molar-refractivity contribution in [2.24, 2.45) is 0 Å². The van der Waals surface area contributed by atoms with Gasteiger partial charge in [-0.05, 0) is 25.5 Å². The number of aldehydes is 1. The van der Waals surface area contributed by atoms with Crippen LogP contribution >= 0.6 is 0 Å². The molecule has 80 valence electrons. The fraction of sp³-hybridized carbons (Fsp3) is 0.455. The van der Waals surface area contributed by atoms with Crippen molar-refractivity contribution in [1.82, 2.24) is 4.98 Å². The van der Waals surface area contributed by atoms with Gasteiger partial charge in [-0.1, -0.05) is 13.8 Å². The highest BCUT2D eigenvalue weighted by atomic mass is 16.1. The molecule has 0 spiro atoms. The van der Waals surface area contributed by atoms with Gasteiger partial charge in [0.25, 0.3) is 0 Å². The summed E-state index contributed by atoms with van der Waals surface area (Å²) in [7, 11) is 1.89. The Bertz CT molecular complexity index is 236. The minimum absolute atomic E-state index is 0.750. The van der Waals surface area contributed by atoms with Gasteiger partial charge >= 0.3 is 0 Å². The summed E-state index contributed by atoms with van der Waals surface area (Å²) in [6.45, 7) is 7.49. The summed E-state index contributed by atoms with van der Waals surface area (Å²) in [5, 5.41) is 3.03. The standard InChI is InChI=1S/C7H10N2.C2H4O.C2H6/c1-6-3-4-9-5-7(6)8-2;1-2-3;1-2/h3-5,8H,1-2H3;2H,1H3;1-2H3. The second-order valence-electron chi connectivity index (χ2n) is 2.18. The number of anilines is 1. The molecule has 0 aromatic carbocycles. The molecule has 3 heteroatoms. The average Bonchev–Trinajstić information content (AvgIpc) is 2.23. The van der Waals surface area contributed by atoms with Gasteiger partial charge in [0.05, 0.1) is 11.9 Å². The molecule has 0 amide bonds. The van der Waals surface area contributed by atoms with Crippen molar-refractivity contribution in [3.8, 4) is 0 Å². The molecule has 0 saturated carbocycles.